The summed E-state index contributed by atoms with van der Waals surface area (Å²) >= 11 is 6.05. The number of rotatable bonds is 8. The SMILES string of the molecule is CCOC(=O)c1nc(-c2cccc(Cl)c2)cn1COCC[Si](C)(C)C.N. The van der Waals surface area contributed by atoms with Gasteiger partial charge in [-0.05, 0) is 25.1 Å². The van der Waals surface area contributed by atoms with Gasteiger partial charge in [-0.2, -0.15) is 0 Å². The van der Waals surface area contributed by atoms with Gasteiger partial charge in [-0.1, -0.05) is 43.4 Å². The van der Waals surface area contributed by atoms with Crippen LogP contribution in [0.25, 0.3) is 11.3 Å². The van der Waals surface area contributed by atoms with E-state index in [1.54, 1.807) is 23.8 Å². The Bertz CT molecular complexity index is 729. The van der Waals surface area contributed by atoms with Crippen LogP contribution in [-0.2, 0) is 16.2 Å². The summed E-state index contributed by atoms with van der Waals surface area (Å²) in [7, 11) is -1.15. The fraction of sp³-hybridized carbons (Fsp3) is 0.444. The molecule has 2 rings (SSSR count). The second-order valence-corrected chi connectivity index (χ2v) is 13.1. The van der Waals surface area contributed by atoms with Gasteiger partial charge in [-0.25, -0.2) is 9.78 Å². The number of nitrogens with zero attached hydrogens (tertiary/aromatic N) is 2. The van der Waals surface area contributed by atoms with Gasteiger partial charge in [0.2, 0.25) is 5.82 Å². The highest BCUT2D eigenvalue weighted by molar-refractivity contribution is 6.76. The molecule has 0 radical (unpaired) electrons. The first-order valence-corrected chi connectivity index (χ1v) is 12.5. The highest BCUT2D eigenvalue weighted by Gasteiger charge is 2.18. The van der Waals surface area contributed by atoms with Crippen molar-refractivity contribution in [2.75, 3.05) is 13.2 Å². The van der Waals surface area contributed by atoms with E-state index >= 15 is 0 Å². The molecule has 0 saturated heterocycles. The first-order chi connectivity index (χ1) is 11.8. The van der Waals surface area contributed by atoms with Crippen LogP contribution in [0.3, 0.4) is 0 Å². The Morgan fingerprint density at radius 1 is 1.31 bits per heavy atom. The van der Waals surface area contributed by atoms with Crippen LogP contribution >= 0.6 is 11.6 Å². The summed E-state index contributed by atoms with van der Waals surface area (Å²) in [6, 6.07) is 8.44. The molecule has 0 atom stereocenters. The molecule has 1 aromatic carbocycles. The minimum Gasteiger partial charge on any atom is -0.460 e. The number of imidazole rings is 1. The highest BCUT2D eigenvalue weighted by atomic mass is 35.5. The number of hydrogen-bond donors (Lipinski definition) is 1. The van der Waals surface area contributed by atoms with Gasteiger partial charge in [0.1, 0.15) is 6.73 Å². The van der Waals surface area contributed by atoms with Crippen LogP contribution in [0.4, 0.5) is 0 Å². The number of carbonyl (C=O) groups is 1. The zero-order valence-corrected chi connectivity index (χ0v) is 17.7. The van der Waals surface area contributed by atoms with E-state index in [4.69, 9.17) is 21.1 Å². The molecule has 8 heteroatoms. The van der Waals surface area contributed by atoms with E-state index < -0.39 is 14.0 Å². The molecule has 26 heavy (non-hydrogen) atoms. The van der Waals surface area contributed by atoms with E-state index in [1.165, 1.54) is 0 Å². The highest BCUT2D eigenvalue weighted by Crippen LogP contribution is 2.22. The number of halogens is 1. The van der Waals surface area contributed by atoms with Gasteiger partial charge in [-0.3, -0.25) is 0 Å². The van der Waals surface area contributed by atoms with Gasteiger partial charge in [0.15, 0.2) is 0 Å². The first kappa shape index (κ1) is 22.4. The van der Waals surface area contributed by atoms with Crippen molar-refractivity contribution in [1.82, 2.24) is 15.7 Å². The fourth-order valence-corrected chi connectivity index (χ4v) is 3.15. The molecule has 0 saturated carbocycles. The van der Waals surface area contributed by atoms with Crippen LogP contribution < -0.4 is 6.15 Å². The average Bonchev–Trinajstić information content (AvgIpc) is 2.95. The van der Waals surface area contributed by atoms with Gasteiger partial charge < -0.3 is 20.2 Å². The quantitative estimate of drug-likeness (QED) is 0.390. The normalized spacial score (nSPS) is 11.1. The van der Waals surface area contributed by atoms with Crippen molar-refractivity contribution in [3.05, 3.63) is 41.3 Å². The summed E-state index contributed by atoms with van der Waals surface area (Å²) in [4.78, 5) is 16.6. The second kappa shape index (κ2) is 9.87. The molecule has 0 unspecified atom stereocenters. The van der Waals surface area contributed by atoms with Crippen molar-refractivity contribution in [1.29, 1.82) is 0 Å². The van der Waals surface area contributed by atoms with Gasteiger partial charge in [0.25, 0.3) is 0 Å². The maximum atomic E-state index is 12.2. The van der Waals surface area contributed by atoms with E-state index in [2.05, 4.69) is 24.6 Å². The summed E-state index contributed by atoms with van der Waals surface area (Å²) in [5.74, 6) is -0.214. The van der Waals surface area contributed by atoms with Gasteiger partial charge in [-0.15, -0.1) is 0 Å². The molecule has 144 valence electrons. The van der Waals surface area contributed by atoms with Crippen molar-refractivity contribution in [3.63, 3.8) is 0 Å². The minimum atomic E-state index is -1.15. The maximum absolute atomic E-state index is 12.2. The maximum Gasteiger partial charge on any atom is 0.374 e. The summed E-state index contributed by atoms with van der Waals surface area (Å²) < 4.78 is 12.6. The van der Waals surface area contributed by atoms with Crippen molar-refractivity contribution < 1.29 is 14.3 Å². The molecule has 0 aliphatic heterocycles. The van der Waals surface area contributed by atoms with E-state index in [-0.39, 0.29) is 18.7 Å². The summed E-state index contributed by atoms with van der Waals surface area (Å²) in [6.07, 6.45) is 1.80. The van der Waals surface area contributed by atoms with E-state index in [0.29, 0.717) is 23.9 Å². The largest absolute Gasteiger partial charge is 0.460 e. The standard InChI is InChI=1S/C18H25ClN2O3Si.H3N/c1-5-24-18(22)17-20-16(14-7-6-8-15(19)11-14)12-21(17)13-23-9-10-25(2,3)4;/h6-8,11-12H,5,9-10,13H2,1-4H3;1H3. The number of aromatic nitrogens is 2. The van der Waals surface area contributed by atoms with Crippen molar-refractivity contribution >= 4 is 25.6 Å². The molecule has 2 aromatic rings. The lowest BCUT2D eigenvalue weighted by atomic mass is 10.2. The van der Waals surface area contributed by atoms with Crippen molar-refractivity contribution in [3.8, 4) is 11.3 Å². The average molecular weight is 398 g/mol. The minimum absolute atomic E-state index is 0. The number of hydrogen-bond acceptors (Lipinski definition) is 5. The Labute approximate surface area is 161 Å². The van der Waals surface area contributed by atoms with Crippen LogP contribution in [0, 0.1) is 0 Å². The molecule has 1 aromatic heterocycles. The summed E-state index contributed by atoms with van der Waals surface area (Å²) in [6.45, 7) is 9.91. The van der Waals surface area contributed by atoms with Gasteiger partial charge in [0.05, 0.1) is 12.3 Å². The predicted octanol–water partition coefficient (Wildman–Crippen LogP) is 4.85. The third-order valence-electron chi connectivity index (χ3n) is 3.58. The molecule has 0 fully saturated rings. The zero-order chi connectivity index (χ0) is 18.4. The first-order valence-electron chi connectivity index (χ1n) is 8.38. The van der Waals surface area contributed by atoms with Crippen LogP contribution in [0.15, 0.2) is 30.5 Å². The smallest absolute Gasteiger partial charge is 0.374 e. The van der Waals surface area contributed by atoms with Crippen molar-refractivity contribution in [2.24, 2.45) is 0 Å². The van der Waals surface area contributed by atoms with E-state index in [1.807, 2.05) is 18.2 Å². The Balaban J connectivity index is 0.00000338. The number of esters is 1. The topological polar surface area (TPSA) is 88.3 Å². The van der Waals surface area contributed by atoms with E-state index in [9.17, 15) is 4.79 Å². The summed E-state index contributed by atoms with van der Waals surface area (Å²) in [5.41, 5.74) is 1.51. The van der Waals surface area contributed by atoms with Crippen LogP contribution in [0.2, 0.25) is 30.7 Å². The number of carbonyl (C=O) groups excluding carboxylic acids is 1. The summed E-state index contributed by atoms with van der Waals surface area (Å²) in [5, 5.41) is 0.621. The van der Waals surface area contributed by atoms with Crippen molar-refractivity contribution in [2.45, 2.75) is 39.3 Å². The predicted molar refractivity (Wildman–Crippen MR) is 108 cm³/mol. The second-order valence-electron chi connectivity index (χ2n) is 7.00. The lowest BCUT2D eigenvalue weighted by Crippen LogP contribution is -2.22. The lowest BCUT2D eigenvalue weighted by molar-refractivity contribution is 0.0464. The molecule has 0 aliphatic carbocycles. The van der Waals surface area contributed by atoms with Gasteiger partial charge >= 0.3 is 5.97 Å². The van der Waals surface area contributed by atoms with E-state index in [0.717, 1.165) is 11.6 Å². The van der Waals surface area contributed by atoms with Crippen LogP contribution in [-0.4, -0.2) is 36.8 Å². The Kier molecular flexibility index (Phi) is 8.49. The fourth-order valence-electron chi connectivity index (χ4n) is 2.20. The molecule has 0 bridgehead atoms. The molecule has 3 N–H and O–H groups in total. The zero-order valence-electron chi connectivity index (χ0n) is 15.9. The third-order valence-corrected chi connectivity index (χ3v) is 5.52. The molecular formula is C18H28ClN3O3Si. The Morgan fingerprint density at radius 2 is 2.04 bits per heavy atom. The Morgan fingerprint density at radius 3 is 2.65 bits per heavy atom. The molecule has 1 heterocycles. The molecular weight excluding hydrogens is 370 g/mol. The molecule has 0 spiro atoms. The van der Waals surface area contributed by atoms with Crippen LogP contribution in [0.5, 0.6) is 0 Å². The molecule has 6 nitrogen and oxygen atoms in total. The van der Waals surface area contributed by atoms with Gasteiger partial charge in [0, 0.05) is 31.5 Å². The van der Waals surface area contributed by atoms with Crippen LogP contribution in [0.1, 0.15) is 17.5 Å². The molecule has 0 aliphatic rings. The number of benzene rings is 1. The Hall–Kier alpha value is -1.67. The third kappa shape index (κ3) is 6.57. The lowest BCUT2D eigenvalue weighted by Gasteiger charge is -2.15. The monoisotopic (exact) mass is 397 g/mol. The number of ether oxygens (including phenoxy) is 2. The molecule has 0 amide bonds.